The van der Waals surface area contributed by atoms with E-state index in [0.717, 1.165) is 6.08 Å². The Morgan fingerprint density at radius 1 is 1.07 bits per heavy atom. The van der Waals surface area contributed by atoms with E-state index in [1.807, 2.05) is 0 Å². The summed E-state index contributed by atoms with van der Waals surface area (Å²) in [6.07, 6.45) is 0.720. The van der Waals surface area contributed by atoms with E-state index in [2.05, 4.69) is 0 Å². The lowest BCUT2D eigenvalue weighted by Gasteiger charge is -2.11. The zero-order valence-corrected chi connectivity index (χ0v) is 14.0. The van der Waals surface area contributed by atoms with Crippen LogP contribution in [0, 0.1) is 5.92 Å². The minimum atomic E-state index is -0.935. The molecular formula is C19H16O8. The highest BCUT2D eigenvalue weighted by molar-refractivity contribution is 6.27. The van der Waals surface area contributed by atoms with Gasteiger partial charge in [0.2, 0.25) is 5.78 Å². The highest BCUT2D eigenvalue weighted by atomic mass is 16.5. The third-order valence-corrected chi connectivity index (χ3v) is 4.08. The van der Waals surface area contributed by atoms with E-state index < -0.39 is 29.2 Å². The summed E-state index contributed by atoms with van der Waals surface area (Å²) in [5.74, 6) is -3.53. The number of aliphatic hydroxyl groups is 3. The molecule has 3 N–H and O–H groups in total. The van der Waals surface area contributed by atoms with Gasteiger partial charge in [-0.25, -0.2) is 4.79 Å². The highest BCUT2D eigenvalue weighted by Gasteiger charge is 2.34. The number of furan rings is 1. The van der Waals surface area contributed by atoms with Crippen LogP contribution in [-0.4, -0.2) is 52.7 Å². The Hall–Kier alpha value is -3.23. The van der Waals surface area contributed by atoms with E-state index in [4.69, 9.17) is 19.4 Å². The standard InChI is InChI=1S/C19H16O8/c20-7-10(8-21)9-26-16(23)6-14(22)15-5-13-17(24)11-3-1-2-4-12(11)18(25)19(13)27-15/h1-6,10,20-22H,7-9H2/b14-6-. The summed E-state index contributed by atoms with van der Waals surface area (Å²) >= 11 is 0. The molecule has 1 aromatic heterocycles. The molecule has 1 aliphatic carbocycles. The van der Waals surface area contributed by atoms with Crippen molar-refractivity contribution in [1.29, 1.82) is 0 Å². The quantitative estimate of drug-likeness (QED) is 0.333. The number of esters is 1. The van der Waals surface area contributed by atoms with Crippen LogP contribution in [0.4, 0.5) is 0 Å². The molecule has 140 valence electrons. The lowest BCUT2D eigenvalue weighted by Crippen LogP contribution is -2.19. The fraction of sp³-hybridized carbons (Fsp3) is 0.211. The van der Waals surface area contributed by atoms with Crippen molar-refractivity contribution in [3.8, 4) is 0 Å². The van der Waals surface area contributed by atoms with Gasteiger partial charge in [-0.3, -0.25) is 9.59 Å². The first-order chi connectivity index (χ1) is 13.0. The number of carbonyl (C=O) groups is 3. The van der Waals surface area contributed by atoms with Crippen LogP contribution >= 0.6 is 0 Å². The summed E-state index contributed by atoms with van der Waals surface area (Å²) in [7, 11) is 0. The Kier molecular flexibility index (Phi) is 5.20. The van der Waals surface area contributed by atoms with Gasteiger partial charge in [-0.15, -0.1) is 0 Å². The van der Waals surface area contributed by atoms with E-state index in [-0.39, 0.29) is 48.0 Å². The molecule has 0 saturated carbocycles. The number of aliphatic hydroxyl groups excluding tert-OH is 3. The summed E-state index contributed by atoms with van der Waals surface area (Å²) in [5, 5.41) is 27.9. The summed E-state index contributed by atoms with van der Waals surface area (Å²) in [4.78, 5) is 36.7. The molecule has 0 amide bonds. The SMILES string of the molecule is O=C(/C=C(\O)c1cc2c(o1)C(=O)c1ccccc1C2=O)OCC(CO)CO. The maximum atomic E-state index is 12.5. The van der Waals surface area contributed by atoms with Gasteiger partial charge < -0.3 is 24.5 Å². The molecule has 0 atom stereocenters. The summed E-state index contributed by atoms with van der Waals surface area (Å²) in [5.41, 5.74) is 0.449. The first kappa shape index (κ1) is 18.6. The van der Waals surface area contributed by atoms with Crippen molar-refractivity contribution < 1.29 is 38.9 Å². The molecule has 0 aliphatic heterocycles. The number of hydrogen-bond acceptors (Lipinski definition) is 8. The Labute approximate surface area is 153 Å². The van der Waals surface area contributed by atoms with Gasteiger partial charge in [-0.05, 0) is 6.07 Å². The average molecular weight is 372 g/mol. The van der Waals surface area contributed by atoms with Crippen molar-refractivity contribution in [3.63, 3.8) is 0 Å². The molecule has 0 fully saturated rings. The predicted octanol–water partition coefficient (Wildman–Crippen LogP) is 1.10. The molecule has 0 saturated heterocycles. The monoisotopic (exact) mass is 372 g/mol. The maximum Gasteiger partial charge on any atom is 0.334 e. The third-order valence-electron chi connectivity index (χ3n) is 4.08. The second-order valence-electron chi connectivity index (χ2n) is 5.95. The van der Waals surface area contributed by atoms with Crippen LogP contribution in [0.1, 0.15) is 37.8 Å². The normalized spacial score (nSPS) is 13.5. The second kappa shape index (κ2) is 7.56. The van der Waals surface area contributed by atoms with Crippen LogP contribution < -0.4 is 0 Å². The number of hydrogen-bond donors (Lipinski definition) is 3. The van der Waals surface area contributed by atoms with Crippen LogP contribution in [0.5, 0.6) is 0 Å². The van der Waals surface area contributed by atoms with Gasteiger partial charge in [0.25, 0.3) is 0 Å². The van der Waals surface area contributed by atoms with E-state index in [0.29, 0.717) is 0 Å². The number of ketones is 2. The smallest absolute Gasteiger partial charge is 0.334 e. The number of rotatable bonds is 6. The largest absolute Gasteiger partial charge is 0.504 e. The van der Waals surface area contributed by atoms with E-state index in [1.54, 1.807) is 12.1 Å². The predicted molar refractivity (Wildman–Crippen MR) is 91.2 cm³/mol. The first-order valence-corrected chi connectivity index (χ1v) is 8.08. The molecule has 0 bridgehead atoms. The molecular weight excluding hydrogens is 356 g/mol. The van der Waals surface area contributed by atoms with Crippen LogP contribution in [0.3, 0.4) is 0 Å². The summed E-state index contributed by atoms with van der Waals surface area (Å²) < 4.78 is 10.1. The van der Waals surface area contributed by atoms with Gasteiger partial charge in [0.05, 0.1) is 31.5 Å². The number of benzene rings is 1. The minimum absolute atomic E-state index is 0.00245. The molecule has 0 unspecified atom stereocenters. The molecule has 3 rings (SSSR count). The number of carbonyl (C=O) groups excluding carboxylic acids is 3. The minimum Gasteiger partial charge on any atom is -0.504 e. The van der Waals surface area contributed by atoms with E-state index >= 15 is 0 Å². The Morgan fingerprint density at radius 3 is 2.33 bits per heavy atom. The van der Waals surface area contributed by atoms with Gasteiger partial charge in [0.1, 0.15) is 0 Å². The van der Waals surface area contributed by atoms with E-state index in [9.17, 15) is 19.5 Å². The van der Waals surface area contributed by atoms with Crippen molar-refractivity contribution in [2.75, 3.05) is 19.8 Å². The molecule has 8 heteroatoms. The van der Waals surface area contributed by atoms with Crippen molar-refractivity contribution in [2.24, 2.45) is 5.92 Å². The second-order valence-corrected chi connectivity index (χ2v) is 5.95. The van der Waals surface area contributed by atoms with Gasteiger partial charge in [0.15, 0.2) is 23.1 Å². The Balaban J connectivity index is 1.82. The lowest BCUT2D eigenvalue weighted by atomic mass is 9.88. The van der Waals surface area contributed by atoms with Crippen molar-refractivity contribution in [3.05, 3.63) is 64.6 Å². The van der Waals surface area contributed by atoms with Crippen molar-refractivity contribution >= 4 is 23.3 Å². The molecule has 2 aromatic rings. The van der Waals surface area contributed by atoms with Crippen LogP contribution in [0.2, 0.25) is 0 Å². The Morgan fingerprint density at radius 2 is 1.70 bits per heavy atom. The summed E-state index contributed by atoms with van der Waals surface area (Å²) in [6.45, 7) is -0.971. The molecule has 1 heterocycles. The molecule has 1 aliphatic rings. The van der Waals surface area contributed by atoms with E-state index in [1.165, 1.54) is 18.2 Å². The van der Waals surface area contributed by atoms with Crippen molar-refractivity contribution in [2.45, 2.75) is 0 Å². The van der Waals surface area contributed by atoms with Gasteiger partial charge in [-0.2, -0.15) is 0 Å². The van der Waals surface area contributed by atoms with Crippen molar-refractivity contribution in [1.82, 2.24) is 0 Å². The summed E-state index contributed by atoms with van der Waals surface area (Å²) in [6, 6.07) is 7.48. The molecule has 27 heavy (non-hydrogen) atoms. The lowest BCUT2D eigenvalue weighted by molar-refractivity contribution is -0.139. The molecule has 0 radical (unpaired) electrons. The zero-order valence-electron chi connectivity index (χ0n) is 14.0. The topological polar surface area (TPSA) is 134 Å². The first-order valence-electron chi connectivity index (χ1n) is 8.08. The van der Waals surface area contributed by atoms with Crippen LogP contribution in [0.15, 0.2) is 40.8 Å². The zero-order chi connectivity index (χ0) is 19.6. The van der Waals surface area contributed by atoms with Gasteiger partial charge in [0, 0.05) is 17.0 Å². The van der Waals surface area contributed by atoms with Crippen LogP contribution in [-0.2, 0) is 9.53 Å². The molecule has 0 spiro atoms. The Bertz CT molecular complexity index is 880. The number of fused-ring (bicyclic) bond motifs is 2. The fourth-order valence-corrected chi connectivity index (χ4v) is 2.59. The highest BCUT2D eigenvalue weighted by Crippen LogP contribution is 2.31. The molecule has 1 aromatic carbocycles. The fourth-order valence-electron chi connectivity index (χ4n) is 2.59. The number of ether oxygens (including phenoxy) is 1. The molecule has 8 nitrogen and oxygen atoms in total. The van der Waals surface area contributed by atoms with Gasteiger partial charge in [-0.1, -0.05) is 24.3 Å². The average Bonchev–Trinajstić information content (AvgIpc) is 3.13. The maximum absolute atomic E-state index is 12.5. The third kappa shape index (κ3) is 3.53. The van der Waals surface area contributed by atoms with Gasteiger partial charge >= 0.3 is 5.97 Å². The van der Waals surface area contributed by atoms with Crippen LogP contribution in [0.25, 0.3) is 5.76 Å².